The van der Waals surface area contributed by atoms with E-state index in [0.717, 1.165) is 5.56 Å². The van der Waals surface area contributed by atoms with E-state index in [1.807, 2.05) is 44.2 Å². The van der Waals surface area contributed by atoms with Crippen molar-refractivity contribution in [2.45, 2.75) is 38.9 Å². The quantitative estimate of drug-likeness (QED) is 0.687. The van der Waals surface area contributed by atoms with E-state index in [1.54, 1.807) is 0 Å². The van der Waals surface area contributed by atoms with Crippen molar-refractivity contribution in [3.05, 3.63) is 36.4 Å². The van der Waals surface area contributed by atoms with Gasteiger partial charge in [0, 0.05) is 25.8 Å². The lowest BCUT2D eigenvalue weighted by atomic mass is 10.2. The molecule has 2 amide bonds. The zero-order valence-corrected chi connectivity index (χ0v) is 16.6. The molecule has 0 fully saturated rings. The van der Waals surface area contributed by atoms with E-state index in [0.29, 0.717) is 18.7 Å². The van der Waals surface area contributed by atoms with Gasteiger partial charge >= 0.3 is 0 Å². The van der Waals surface area contributed by atoms with Gasteiger partial charge in [-0.05, 0) is 12.8 Å². The van der Waals surface area contributed by atoms with Crippen molar-refractivity contribution in [1.29, 1.82) is 0 Å². The number of nitrogens with one attached hydrogen (secondary N) is 2. The van der Waals surface area contributed by atoms with Gasteiger partial charge < -0.3 is 20.1 Å². The van der Waals surface area contributed by atoms with E-state index >= 15 is 0 Å². The van der Waals surface area contributed by atoms with Gasteiger partial charge in [0.2, 0.25) is 0 Å². The summed E-state index contributed by atoms with van der Waals surface area (Å²) in [5, 5.41) is 5.45. The fourth-order valence-electron chi connectivity index (χ4n) is 2.62. The molecule has 2 N–H and O–H groups in total. The minimum atomic E-state index is -0.592. The summed E-state index contributed by atoms with van der Waals surface area (Å²) in [6, 6.07) is 10.8. The summed E-state index contributed by atoms with van der Waals surface area (Å²) in [5.41, 5.74) is 0.756. The molecule has 2 atom stereocenters. The molecule has 1 aromatic heterocycles. The fourth-order valence-corrected chi connectivity index (χ4v) is 2.62. The van der Waals surface area contributed by atoms with E-state index in [4.69, 9.17) is 9.47 Å². The first-order valence-electron chi connectivity index (χ1n) is 9.14. The van der Waals surface area contributed by atoms with E-state index in [2.05, 4.69) is 20.6 Å². The number of aromatic nitrogens is 2. The highest BCUT2D eigenvalue weighted by Gasteiger charge is 2.19. The number of hydrogen-bond acceptors (Lipinski definition) is 6. The summed E-state index contributed by atoms with van der Waals surface area (Å²) in [6.45, 7) is 3.70. The number of hydrogen-bond donors (Lipinski definition) is 2. The topological polar surface area (TPSA) is 102 Å². The van der Waals surface area contributed by atoms with Crippen LogP contribution in [0.2, 0.25) is 0 Å². The molecule has 8 nitrogen and oxygen atoms in total. The maximum absolute atomic E-state index is 12.4. The van der Waals surface area contributed by atoms with Gasteiger partial charge in [-0.25, -0.2) is 9.97 Å². The van der Waals surface area contributed by atoms with Crippen molar-refractivity contribution >= 4 is 23.5 Å². The van der Waals surface area contributed by atoms with Crippen LogP contribution in [0.15, 0.2) is 36.4 Å². The van der Waals surface area contributed by atoms with Gasteiger partial charge in [-0.1, -0.05) is 44.2 Å². The van der Waals surface area contributed by atoms with Crippen molar-refractivity contribution in [3.63, 3.8) is 0 Å². The zero-order chi connectivity index (χ0) is 20.5. The molecule has 28 heavy (non-hydrogen) atoms. The van der Waals surface area contributed by atoms with Gasteiger partial charge in [-0.15, -0.1) is 0 Å². The van der Waals surface area contributed by atoms with Gasteiger partial charge in [0.1, 0.15) is 23.8 Å². The van der Waals surface area contributed by atoms with E-state index in [1.165, 1.54) is 20.3 Å². The maximum atomic E-state index is 12.4. The van der Waals surface area contributed by atoms with Crippen molar-refractivity contribution in [3.8, 4) is 11.4 Å². The lowest BCUT2D eigenvalue weighted by molar-refractivity contribution is -0.126. The highest BCUT2D eigenvalue weighted by Crippen LogP contribution is 2.21. The molecule has 0 aliphatic carbocycles. The van der Waals surface area contributed by atoms with Crippen LogP contribution in [0.5, 0.6) is 0 Å². The molecule has 8 heteroatoms. The number of carbonyl (C=O) groups excluding carboxylic acids is 2. The molecule has 0 saturated carbocycles. The van der Waals surface area contributed by atoms with E-state index in [-0.39, 0.29) is 23.5 Å². The van der Waals surface area contributed by atoms with Crippen LogP contribution >= 0.6 is 0 Å². The molecule has 1 heterocycles. The van der Waals surface area contributed by atoms with E-state index in [9.17, 15) is 9.59 Å². The Kier molecular flexibility index (Phi) is 8.03. The highest BCUT2D eigenvalue weighted by molar-refractivity contribution is 5.96. The Morgan fingerprint density at radius 3 is 1.75 bits per heavy atom. The summed E-state index contributed by atoms with van der Waals surface area (Å²) < 4.78 is 10.3. The van der Waals surface area contributed by atoms with Crippen LogP contribution in [-0.4, -0.2) is 48.2 Å². The number of nitrogens with zero attached hydrogens (tertiary/aromatic N) is 2. The second-order valence-electron chi connectivity index (χ2n) is 6.07. The van der Waals surface area contributed by atoms with Gasteiger partial charge in [-0.3, -0.25) is 9.59 Å². The lowest BCUT2D eigenvalue weighted by Crippen LogP contribution is -2.30. The number of methoxy groups -OCH3 is 2. The number of amides is 2. The Morgan fingerprint density at radius 1 is 0.893 bits per heavy atom. The number of benzene rings is 1. The maximum Gasteiger partial charge on any atom is 0.254 e. The Morgan fingerprint density at radius 2 is 1.36 bits per heavy atom. The normalized spacial score (nSPS) is 12.9. The predicted octanol–water partition coefficient (Wildman–Crippen LogP) is 2.87. The fraction of sp³-hybridized carbons (Fsp3) is 0.400. The van der Waals surface area contributed by atoms with Crippen LogP contribution in [0.4, 0.5) is 11.6 Å². The Balaban J connectivity index is 2.36. The highest BCUT2D eigenvalue weighted by atomic mass is 16.5. The smallest absolute Gasteiger partial charge is 0.254 e. The molecule has 0 saturated heterocycles. The van der Waals surface area contributed by atoms with Crippen molar-refractivity contribution in [2.24, 2.45) is 0 Å². The standard InChI is InChI=1S/C20H26N4O4/c1-5-14(27-3)19(25)23-16-12-17(24-20(26)15(6-2)28-4)22-18(21-16)13-10-8-7-9-11-13/h7-12,14-15H,5-6H2,1-4H3,(H2,21,22,23,24,25,26)/t14-,15+. The number of rotatable bonds is 9. The Hall–Kier alpha value is -2.84. The summed E-state index contributed by atoms with van der Waals surface area (Å²) in [4.78, 5) is 33.5. The zero-order valence-electron chi connectivity index (χ0n) is 16.6. The third-order valence-electron chi connectivity index (χ3n) is 4.16. The van der Waals surface area contributed by atoms with Gasteiger partial charge in [0.25, 0.3) is 11.8 Å². The van der Waals surface area contributed by atoms with Crippen molar-refractivity contribution < 1.29 is 19.1 Å². The van der Waals surface area contributed by atoms with Crippen LogP contribution in [0, 0.1) is 0 Å². The third-order valence-corrected chi connectivity index (χ3v) is 4.16. The molecular weight excluding hydrogens is 360 g/mol. The van der Waals surface area contributed by atoms with Crippen molar-refractivity contribution in [2.75, 3.05) is 24.9 Å². The first-order valence-corrected chi connectivity index (χ1v) is 9.14. The Bertz CT molecular complexity index is 746. The first-order chi connectivity index (χ1) is 13.5. The van der Waals surface area contributed by atoms with Crippen LogP contribution in [0.3, 0.4) is 0 Å². The summed E-state index contributed by atoms with van der Waals surface area (Å²) >= 11 is 0. The van der Waals surface area contributed by atoms with Gasteiger partial charge in [0.15, 0.2) is 5.82 Å². The lowest BCUT2D eigenvalue weighted by Gasteiger charge is -2.16. The summed E-state index contributed by atoms with van der Waals surface area (Å²) in [5.74, 6) is 0.293. The molecule has 0 unspecified atom stereocenters. The number of ether oxygens (including phenoxy) is 2. The average molecular weight is 386 g/mol. The molecule has 0 radical (unpaired) electrons. The van der Waals surface area contributed by atoms with Crippen molar-refractivity contribution in [1.82, 2.24) is 9.97 Å². The molecule has 150 valence electrons. The minimum Gasteiger partial charge on any atom is -0.372 e. The summed E-state index contributed by atoms with van der Waals surface area (Å²) in [6.07, 6.45) is -0.138. The second-order valence-corrected chi connectivity index (χ2v) is 6.07. The van der Waals surface area contributed by atoms with Gasteiger partial charge in [-0.2, -0.15) is 0 Å². The summed E-state index contributed by atoms with van der Waals surface area (Å²) in [7, 11) is 2.95. The molecule has 0 aliphatic heterocycles. The molecule has 2 rings (SSSR count). The van der Waals surface area contributed by atoms with E-state index < -0.39 is 12.2 Å². The molecule has 0 bridgehead atoms. The van der Waals surface area contributed by atoms with Crippen LogP contribution in [-0.2, 0) is 19.1 Å². The monoisotopic (exact) mass is 386 g/mol. The Labute approximate surface area is 164 Å². The molecule has 0 spiro atoms. The SMILES string of the molecule is CC[C@H](OC)C(=O)Nc1cc(NC(=O)[C@@H](CC)OC)nc(-c2ccccc2)n1. The number of carbonyl (C=O) groups is 2. The van der Waals surface area contributed by atoms with Crippen LogP contribution in [0.1, 0.15) is 26.7 Å². The third kappa shape index (κ3) is 5.58. The molecule has 0 aliphatic rings. The van der Waals surface area contributed by atoms with Crippen LogP contribution < -0.4 is 10.6 Å². The molecule has 2 aromatic rings. The molecule has 1 aromatic carbocycles. The van der Waals surface area contributed by atoms with Gasteiger partial charge in [0.05, 0.1) is 0 Å². The largest absolute Gasteiger partial charge is 0.372 e. The second kappa shape index (κ2) is 10.5. The predicted molar refractivity (Wildman–Crippen MR) is 107 cm³/mol. The van der Waals surface area contributed by atoms with Crippen LogP contribution in [0.25, 0.3) is 11.4 Å². The molecular formula is C20H26N4O4. The first kappa shape index (κ1) is 21.5. The number of anilines is 2. The minimum absolute atomic E-state index is 0.273. The average Bonchev–Trinajstić information content (AvgIpc) is 2.70.